The fourth-order valence-corrected chi connectivity index (χ4v) is 1.77. The quantitative estimate of drug-likeness (QED) is 0.453. The molecular formula is C9H21NOS. The Bertz CT molecular complexity index is 88.6. The van der Waals surface area contributed by atoms with Gasteiger partial charge in [-0.1, -0.05) is 19.8 Å². The fourth-order valence-electron chi connectivity index (χ4n) is 0.896. The molecule has 0 aliphatic rings. The molecule has 2 N–H and O–H groups in total. The number of thioether (sulfide) groups is 1. The van der Waals surface area contributed by atoms with Crippen molar-refractivity contribution in [1.29, 1.82) is 0 Å². The highest BCUT2D eigenvalue weighted by Gasteiger charge is 1.92. The molecule has 0 aliphatic heterocycles. The van der Waals surface area contributed by atoms with Crippen molar-refractivity contribution in [3.05, 3.63) is 0 Å². The molecule has 0 radical (unpaired) electrons. The molecule has 0 aromatic rings. The number of hydrogen-bond donors (Lipinski definition) is 2. The van der Waals surface area contributed by atoms with E-state index in [1.165, 1.54) is 25.0 Å². The van der Waals surface area contributed by atoms with E-state index in [1.54, 1.807) is 6.92 Å². The highest BCUT2D eigenvalue weighted by atomic mass is 32.2. The van der Waals surface area contributed by atoms with Crippen LogP contribution in [0, 0.1) is 0 Å². The van der Waals surface area contributed by atoms with Crippen molar-refractivity contribution in [2.45, 2.75) is 39.3 Å². The van der Waals surface area contributed by atoms with Crippen LogP contribution in [0.3, 0.4) is 0 Å². The predicted molar refractivity (Wildman–Crippen MR) is 56.5 cm³/mol. The zero-order chi connectivity index (χ0) is 9.23. The van der Waals surface area contributed by atoms with E-state index < -0.39 is 0 Å². The van der Waals surface area contributed by atoms with E-state index in [0.29, 0.717) is 0 Å². The zero-order valence-corrected chi connectivity index (χ0v) is 8.99. The van der Waals surface area contributed by atoms with Gasteiger partial charge in [0.25, 0.3) is 0 Å². The van der Waals surface area contributed by atoms with Crippen molar-refractivity contribution >= 4 is 11.8 Å². The molecule has 74 valence electrons. The van der Waals surface area contributed by atoms with Crippen molar-refractivity contribution in [2.75, 3.05) is 18.1 Å². The Labute approximate surface area is 80.1 Å². The van der Waals surface area contributed by atoms with Crippen molar-refractivity contribution in [2.24, 2.45) is 0 Å². The molecule has 2 nitrogen and oxygen atoms in total. The molecule has 0 saturated carbocycles. The molecule has 0 spiro atoms. The fraction of sp³-hybridized carbons (Fsp3) is 1.00. The number of aliphatic hydroxyl groups is 1. The number of hydrogen-bond acceptors (Lipinski definition) is 3. The molecule has 0 rings (SSSR count). The summed E-state index contributed by atoms with van der Waals surface area (Å²) in [5, 5.41) is 11.8. The van der Waals surface area contributed by atoms with Gasteiger partial charge in [0.15, 0.2) is 0 Å². The summed E-state index contributed by atoms with van der Waals surface area (Å²) in [7, 11) is 0. The zero-order valence-electron chi connectivity index (χ0n) is 8.18. The van der Waals surface area contributed by atoms with Crippen LogP contribution in [0.2, 0.25) is 0 Å². The largest absolute Gasteiger partial charge is 0.379 e. The Morgan fingerprint density at radius 2 is 2.08 bits per heavy atom. The lowest BCUT2D eigenvalue weighted by atomic mass is 10.3. The summed E-state index contributed by atoms with van der Waals surface area (Å²) in [5.74, 6) is 2.37. The Morgan fingerprint density at radius 1 is 1.33 bits per heavy atom. The Kier molecular flexibility index (Phi) is 9.57. The first-order valence-electron chi connectivity index (χ1n) is 4.76. The van der Waals surface area contributed by atoms with E-state index in [-0.39, 0.29) is 6.23 Å². The summed E-state index contributed by atoms with van der Waals surface area (Å²) in [6.45, 7) is 4.88. The van der Waals surface area contributed by atoms with Gasteiger partial charge in [-0.3, -0.25) is 5.32 Å². The van der Waals surface area contributed by atoms with E-state index in [0.717, 1.165) is 12.3 Å². The highest BCUT2D eigenvalue weighted by Crippen LogP contribution is 2.04. The lowest BCUT2D eigenvalue weighted by molar-refractivity contribution is 0.160. The second kappa shape index (κ2) is 9.36. The summed E-state index contributed by atoms with van der Waals surface area (Å²) in [4.78, 5) is 0. The third-order valence-corrected chi connectivity index (χ3v) is 2.65. The van der Waals surface area contributed by atoms with Crippen LogP contribution in [-0.4, -0.2) is 29.4 Å². The van der Waals surface area contributed by atoms with Gasteiger partial charge < -0.3 is 5.11 Å². The molecule has 12 heavy (non-hydrogen) atoms. The first-order valence-corrected chi connectivity index (χ1v) is 5.92. The van der Waals surface area contributed by atoms with Gasteiger partial charge in [-0.15, -0.1) is 0 Å². The van der Waals surface area contributed by atoms with Gasteiger partial charge in [0.2, 0.25) is 0 Å². The third-order valence-electron chi connectivity index (χ3n) is 1.58. The maximum absolute atomic E-state index is 8.87. The maximum atomic E-state index is 8.87. The van der Waals surface area contributed by atoms with Crippen molar-refractivity contribution < 1.29 is 5.11 Å². The van der Waals surface area contributed by atoms with E-state index >= 15 is 0 Å². The van der Waals surface area contributed by atoms with Gasteiger partial charge in [-0.25, -0.2) is 0 Å². The summed E-state index contributed by atoms with van der Waals surface area (Å²) >= 11 is 1.96. The van der Waals surface area contributed by atoms with Crippen molar-refractivity contribution in [3.63, 3.8) is 0 Å². The van der Waals surface area contributed by atoms with Crippen LogP contribution in [-0.2, 0) is 0 Å². The first-order chi connectivity index (χ1) is 5.77. The minimum atomic E-state index is -0.360. The van der Waals surface area contributed by atoms with Gasteiger partial charge in [0.1, 0.15) is 6.23 Å². The third kappa shape index (κ3) is 10.3. The molecular weight excluding hydrogens is 170 g/mol. The molecule has 0 aromatic heterocycles. The van der Waals surface area contributed by atoms with E-state index in [9.17, 15) is 0 Å². The molecule has 0 aliphatic carbocycles. The molecule has 3 heteroatoms. The number of unbranched alkanes of at least 4 members (excludes halogenated alkanes) is 2. The lowest BCUT2D eigenvalue weighted by Gasteiger charge is -2.06. The standard InChI is InChI=1S/C9H21NOS/c1-3-4-5-7-12-8-6-10-9(2)11/h9-11H,3-8H2,1-2H3. The summed E-state index contributed by atoms with van der Waals surface area (Å²) in [5.41, 5.74) is 0. The average molecular weight is 191 g/mol. The van der Waals surface area contributed by atoms with Crippen molar-refractivity contribution in [1.82, 2.24) is 5.32 Å². The Balaban J connectivity index is 2.82. The first kappa shape index (κ1) is 12.3. The lowest BCUT2D eigenvalue weighted by Crippen LogP contribution is -2.27. The normalized spacial score (nSPS) is 13.2. The van der Waals surface area contributed by atoms with Crippen molar-refractivity contribution in [3.8, 4) is 0 Å². The van der Waals surface area contributed by atoms with Crippen LogP contribution < -0.4 is 5.32 Å². The second-order valence-electron chi connectivity index (χ2n) is 2.95. The molecule has 0 heterocycles. The predicted octanol–water partition coefficient (Wildman–Crippen LogP) is 1.84. The van der Waals surface area contributed by atoms with Crippen LogP contribution in [0.4, 0.5) is 0 Å². The minimum Gasteiger partial charge on any atom is -0.379 e. The number of rotatable bonds is 8. The smallest absolute Gasteiger partial charge is 0.102 e. The van der Waals surface area contributed by atoms with E-state index in [1.807, 2.05) is 11.8 Å². The van der Waals surface area contributed by atoms with Crippen LogP contribution in [0.5, 0.6) is 0 Å². The molecule has 1 atom stereocenters. The number of aliphatic hydroxyl groups excluding tert-OH is 1. The van der Waals surface area contributed by atoms with Crippen LogP contribution in [0.15, 0.2) is 0 Å². The topological polar surface area (TPSA) is 32.3 Å². The summed E-state index contributed by atoms with van der Waals surface area (Å²) in [6, 6.07) is 0. The Morgan fingerprint density at radius 3 is 2.67 bits per heavy atom. The summed E-state index contributed by atoms with van der Waals surface area (Å²) in [6.07, 6.45) is 3.61. The van der Waals surface area contributed by atoms with E-state index in [4.69, 9.17) is 5.11 Å². The SMILES string of the molecule is CCCCCSCCNC(C)O. The van der Waals surface area contributed by atoms with Gasteiger partial charge >= 0.3 is 0 Å². The molecule has 0 fully saturated rings. The van der Waals surface area contributed by atoms with Gasteiger partial charge in [-0.05, 0) is 19.1 Å². The summed E-state index contributed by atoms with van der Waals surface area (Å²) < 4.78 is 0. The molecule has 0 aromatic carbocycles. The van der Waals surface area contributed by atoms with Gasteiger partial charge in [0.05, 0.1) is 0 Å². The van der Waals surface area contributed by atoms with E-state index in [2.05, 4.69) is 12.2 Å². The van der Waals surface area contributed by atoms with Crippen LogP contribution >= 0.6 is 11.8 Å². The van der Waals surface area contributed by atoms with Crippen LogP contribution in [0.25, 0.3) is 0 Å². The molecule has 1 unspecified atom stereocenters. The Hall–Kier alpha value is 0.270. The highest BCUT2D eigenvalue weighted by molar-refractivity contribution is 7.99. The minimum absolute atomic E-state index is 0.360. The number of nitrogens with one attached hydrogen (secondary N) is 1. The maximum Gasteiger partial charge on any atom is 0.102 e. The monoisotopic (exact) mass is 191 g/mol. The average Bonchev–Trinajstić information content (AvgIpc) is 2.02. The molecule has 0 saturated heterocycles. The van der Waals surface area contributed by atoms with Gasteiger partial charge in [0, 0.05) is 12.3 Å². The van der Waals surface area contributed by atoms with Gasteiger partial charge in [-0.2, -0.15) is 11.8 Å². The second-order valence-corrected chi connectivity index (χ2v) is 4.17. The molecule has 0 amide bonds. The van der Waals surface area contributed by atoms with Crippen LogP contribution in [0.1, 0.15) is 33.1 Å². The molecule has 0 bridgehead atoms.